The van der Waals surface area contributed by atoms with Crippen molar-refractivity contribution in [2.45, 2.75) is 5.16 Å². The molecule has 4 nitrogen and oxygen atoms in total. The zero-order valence-corrected chi connectivity index (χ0v) is 8.77. The SMILES string of the molecule is C=C(CNC)CSc1ncnn1C. The van der Waals surface area contributed by atoms with Gasteiger partial charge in [-0.05, 0) is 7.05 Å². The Bertz CT molecular complexity index is 281. The highest BCUT2D eigenvalue weighted by molar-refractivity contribution is 7.99. The van der Waals surface area contributed by atoms with Gasteiger partial charge in [0, 0.05) is 19.3 Å². The number of hydrogen-bond acceptors (Lipinski definition) is 4. The van der Waals surface area contributed by atoms with Crippen LogP contribution >= 0.6 is 11.8 Å². The Morgan fingerprint density at radius 3 is 3.08 bits per heavy atom. The molecular formula is C8H14N4S. The number of nitrogens with zero attached hydrogens (tertiary/aromatic N) is 3. The molecule has 5 heteroatoms. The van der Waals surface area contributed by atoms with E-state index in [0.29, 0.717) is 0 Å². The molecule has 1 aromatic heterocycles. The standard InChI is InChI=1S/C8H14N4S/c1-7(4-9-2)5-13-8-10-6-11-12(8)3/h6,9H,1,4-5H2,2-3H3. The van der Waals surface area contributed by atoms with Crippen LogP contribution in [0.4, 0.5) is 0 Å². The van der Waals surface area contributed by atoms with Gasteiger partial charge in [-0.1, -0.05) is 23.9 Å². The third kappa shape index (κ3) is 3.20. The van der Waals surface area contributed by atoms with Crippen LogP contribution < -0.4 is 5.32 Å². The van der Waals surface area contributed by atoms with E-state index in [0.717, 1.165) is 23.0 Å². The third-order valence-corrected chi connectivity index (χ3v) is 2.68. The maximum absolute atomic E-state index is 4.10. The summed E-state index contributed by atoms with van der Waals surface area (Å²) in [4.78, 5) is 4.10. The molecule has 0 radical (unpaired) electrons. The Morgan fingerprint density at radius 2 is 2.54 bits per heavy atom. The normalized spacial score (nSPS) is 10.3. The van der Waals surface area contributed by atoms with Gasteiger partial charge >= 0.3 is 0 Å². The molecule has 0 aliphatic carbocycles. The second kappa shape index (κ2) is 5.04. The molecule has 0 bridgehead atoms. The van der Waals surface area contributed by atoms with Gasteiger partial charge in [-0.15, -0.1) is 0 Å². The highest BCUT2D eigenvalue weighted by atomic mass is 32.2. The van der Waals surface area contributed by atoms with Crippen LogP contribution in [0.3, 0.4) is 0 Å². The Labute approximate surface area is 82.4 Å². The summed E-state index contributed by atoms with van der Waals surface area (Å²) in [7, 11) is 3.80. The highest BCUT2D eigenvalue weighted by Gasteiger charge is 2.01. The maximum Gasteiger partial charge on any atom is 0.186 e. The molecule has 0 saturated heterocycles. The fraction of sp³-hybridized carbons (Fsp3) is 0.500. The van der Waals surface area contributed by atoms with Gasteiger partial charge in [-0.2, -0.15) is 5.10 Å². The van der Waals surface area contributed by atoms with Crippen molar-refractivity contribution in [1.82, 2.24) is 20.1 Å². The Balaban J connectivity index is 2.35. The highest BCUT2D eigenvalue weighted by Crippen LogP contribution is 2.15. The summed E-state index contributed by atoms with van der Waals surface area (Å²) < 4.78 is 1.76. The number of nitrogens with one attached hydrogen (secondary N) is 1. The lowest BCUT2D eigenvalue weighted by Gasteiger charge is -2.03. The van der Waals surface area contributed by atoms with Crippen molar-refractivity contribution < 1.29 is 0 Å². The summed E-state index contributed by atoms with van der Waals surface area (Å²) in [5.41, 5.74) is 1.16. The van der Waals surface area contributed by atoms with Crippen molar-refractivity contribution in [2.24, 2.45) is 7.05 Å². The van der Waals surface area contributed by atoms with Crippen molar-refractivity contribution in [2.75, 3.05) is 19.3 Å². The predicted octanol–water partition coefficient (Wildman–Crippen LogP) is 0.683. The van der Waals surface area contributed by atoms with Gasteiger partial charge in [0.1, 0.15) is 6.33 Å². The number of aryl methyl sites for hydroxylation is 1. The molecule has 0 unspecified atom stereocenters. The molecule has 1 N–H and O–H groups in total. The molecule has 0 fully saturated rings. The molecule has 1 aromatic rings. The van der Waals surface area contributed by atoms with Crippen LogP contribution in [0.25, 0.3) is 0 Å². The summed E-state index contributed by atoms with van der Waals surface area (Å²) >= 11 is 1.65. The molecule has 72 valence electrons. The van der Waals surface area contributed by atoms with Crippen molar-refractivity contribution in [3.8, 4) is 0 Å². The van der Waals surface area contributed by atoms with Gasteiger partial charge in [0.2, 0.25) is 0 Å². The first-order valence-electron chi connectivity index (χ1n) is 4.02. The van der Waals surface area contributed by atoms with Crippen molar-refractivity contribution in [3.05, 3.63) is 18.5 Å². The van der Waals surface area contributed by atoms with Gasteiger partial charge in [-0.25, -0.2) is 9.67 Å². The zero-order valence-electron chi connectivity index (χ0n) is 7.95. The van der Waals surface area contributed by atoms with E-state index in [-0.39, 0.29) is 0 Å². The molecule has 0 aromatic carbocycles. The molecule has 0 spiro atoms. The van der Waals surface area contributed by atoms with E-state index in [1.165, 1.54) is 0 Å². The molecule has 1 rings (SSSR count). The minimum Gasteiger partial charge on any atom is -0.316 e. The van der Waals surface area contributed by atoms with Crippen molar-refractivity contribution in [1.29, 1.82) is 0 Å². The topological polar surface area (TPSA) is 42.7 Å². The van der Waals surface area contributed by atoms with Crippen molar-refractivity contribution in [3.63, 3.8) is 0 Å². The second-order valence-corrected chi connectivity index (χ2v) is 3.68. The first kappa shape index (κ1) is 10.3. The van der Waals surface area contributed by atoms with Crippen LogP contribution in [0.1, 0.15) is 0 Å². The summed E-state index contributed by atoms with van der Waals surface area (Å²) in [6.45, 7) is 4.78. The smallest absolute Gasteiger partial charge is 0.186 e. The van der Waals surface area contributed by atoms with Gasteiger partial charge in [0.05, 0.1) is 0 Å². The summed E-state index contributed by atoms with van der Waals surface area (Å²) in [6, 6.07) is 0. The zero-order chi connectivity index (χ0) is 9.68. The fourth-order valence-corrected chi connectivity index (χ4v) is 1.67. The van der Waals surface area contributed by atoms with E-state index in [4.69, 9.17) is 0 Å². The molecule has 1 heterocycles. The Kier molecular flexibility index (Phi) is 3.98. The van der Waals surface area contributed by atoms with Crippen LogP contribution in [0, 0.1) is 0 Å². The molecular weight excluding hydrogens is 184 g/mol. The minimum atomic E-state index is 0.852. The monoisotopic (exact) mass is 198 g/mol. The van der Waals surface area contributed by atoms with E-state index < -0.39 is 0 Å². The minimum absolute atomic E-state index is 0.852. The number of rotatable bonds is 5. The molecule has 0 amide bonds. The lowest BCUT2D eigenvalue weighted by atomic mass is 10.3. The molecule has 13 heavy (non-hydrogen) atoms. The van der Waals surface area contributed by atoms with Crippen LogP contribution in [0.2, 0.25) is 0 Å². The van der Waals surface area contributed by atoms with Crippen molar-refractivity contribution >= 4 is 11.8 Å². The Hall–Kier alpha value is -0.810. The van der Waals surface area contributed by atoms with E-state index in [1.807, 2.05) is 14.1 Å². The van der Waals surface area contributed by atoms with Crippen LogP contribution in [0.15, 0.2) is 23.6 Å². The lowest BCUT2D eigenvalue weighted by molar-refractivity contribution is 0.685. The van der Waals surface area contributed by atoms with E-state index in [2.05, 4.69) is 22.0 Å². The van der Waals surface area contributed by atoms with Crippen LogP contribution in [-0.2, 0) is 7.05 Å². The summed E-state index contributed by atoms with van der Waals surface area (Å²) in [5.74, 6) is 0.882. The third-order valence-electron chi connectivity index (χ3n) is 1.50. The molecule has 0 aliphatic rings. The number of thioether (sulfide) groups is 1. The maximum atomic E-state index is 4.10. The van der Waals surface area contributed by atoms with Gasteiger partial charge in [-0.3, -0.25) is 0 Å². The van der Waals surface area contributed by atoms with Crippen LogP contribution in [0.5, 0.6) is 0 Å². The van der Waals surface area contributed by atoms with Gasteiger partial charge in [0.25, 0.3) is 0 Å². The fourth-order valence-electron chi connectivity index (χ4n) is 0.884. The van der Waals surface area contributed by atoms with Gasteiger partial charge in [0.15, 0.2) is 5.16 Å². The largest absolute Gasteiger partial charge is 0.316 e. The number of likely N-dealkylation sites (N-methyl/N-ethyl adjacent to an activating group) is 1. The van der Waals surface area contributed by atoms with E-state index >= 15 is 0 Å². The second-order valence-electron chi connectivity index (χ2n) is 2.74. The summed E-state index contributed by atoms with van der Waals surface area (Å²) in [5, 5.41) is 7.96. The lowest BCUT2D eigenvalue weighted by Crippen LogP contribution is -2.11. The predicted molar refractivity (Wildman–Crippen MR) is 54.8 cm³/mol. The van der Waals surface area contributed by atoms with E-state index in [9.17, 15) is 0 Å². The number of aromatic nitrogens is 3. The first-order chi connectivity index (χ1) is 6.24. The van der Waals surface area contributed by atoms with E-state index in [1.54, 1.807) is 22.8 Å². The Morgan fingerprint density at radius 1 is 1.77 bits per heavy atom. The first-order valence-corrected chi connectivity index (χ1v) is 5.00. The quantitative estimate of drug-likeness (QED) is 0.558. The summed E-state index contributed by atoms with van der Waals surface area (Å²) in [6.07, 6.45) is 1.56. The molecule has 0 aliphatic heterocycles. The van der Waals surface area contributed by atoms with Crippen LogP contribution in [-0.4, -0.2) is 34.1 Å². The average Bonchev–Trinajstić information content (AvgIpc) is 2.48. The van der Waals surface area contributed by atoms with Gasteiger partial charge < -0.3 is 5.32 Å². The number of hydrogen-bond donors (Lipinski definition) is 1. The average molecular weight is 198 g/mol. The molecule has 0 atom stereocenters. The molecule has 0 saturated carbocycles.